The van der Waals surface area contributed by atoms with Crippen LogP contribution in [0.3, 0.4) is 0 Å². The molecule has 0 amide bonds. The molecule has 27 heavy (non-hydrogen) atoms. The number of aromatic nitrogens is 1. The highest BCUT2D eigenvalue weighted by atomic mass is 19.1. The lowest BCUT2D eigenvalue weighted by atomic mass is 10.1. The minimum atomic E-state index is -1.14. The molecule has 140 valence electrons. The third-order valence-corrected chi connectivity index (χ3v) is 3.99. The molecule has 3 aromatic rings. The summed E-state index contributed by atoms with van der Waals surface area (Å²) in [6, 6.07) is 13.9. The van der Waals surface area contributed by atoms with Gasteiger partial charge in [-0.2, -0.15) is 0 Å². The van der Waals surface area contributed by atoms with E-state index >= 15 is 0 Å². The molecule has 7 heteroatoms. The number of halogens is 1. The van der Waals surface area contributed by atoms with Crippen LogP contribution in [0.1, 0.15) is 27.5 Å². The normalized spacial score (nSPS) is 10.9. The topological polar surface area (TPSA) is 75.8 Å². The van der Waals surface area contributed by atoms with E-state index in [1.54, 1.807) is 19.2 Å². The van der Waals surface area contributed by atoms with Crippen LogP contribution in [0.5, 0.6) is 5.75 Å². The monoisotopic (exact) mass is 370 g/mol. The minimum absolute atomic E-state index is 0.131. The molecule has 0 saturated carbocycles. The van der Waals surface area contributed by atoms with E-state index in [4.69, 9.17) is 14.3 Å². The van der Waals surface area contributed by atoms with Crippen LogP contribution in [-0.2, 0) is 19.6 Å². The van der Waals surface area contributed by atoms with E-state index in [1.165, 1.54) is 12.1 Å². The summed E-state index contributed by atoms with van der Waals surface area (Å²) >= 11 is 0. The number of carbonyl (C=O) groups is 1. The number of oxazole rings is 1. The predicted molar refractivity (Wildman–Crippen MR) is 95.8 cm³/mol. The highest BCUT2D eigenvalue weighted by Crippen LogP contribution is 2.18. The van der Waals surface area contributed by atoms with E-state index in [9.17, 15) is 9.18 Å². The molecule has 1 N–H and O–H groups in total. The fraction of sp³-hybridized carbons (Fsp3) is 0.200. The Morgan fingerprint density at radius 2 is 1.89 bits per heavy atom. The molecule has 0 radical (unpaired) electrons. The van der Waals surface area contributed by atoms with E-state index in [-0.39, 0.29) is 11.5 Å². The lowest BCUT2D eigenvalue weighted by Crippen LogP contribution is -2.22. The highest BCUT2D eigenvalue weighted by molar-refractivity contribution is 5.84. The molecule has 0 spiro atoms. The third-order valence-electron chi connectivity index (χ3n) is 3.99. The lowest BCUT2D eigenvalue weighted by Gasteiger charge is -2.21. The maximum Gasteiger partial charge on any atom is 0.357 e. The number of carboxylic acid groups (broad SMARTS) is 1. The average Bonchev–Trinajstić information content (AvgIpc) is 3.12. The fourth-order valence-corrected chi connectivity index (χ4v) is 2.72. The zero-order chi connectivity index (χ0) is 19.2. The molecule has 1 heterocycles. The molecule has 0 bridgehead atoms. The van der Waals surface area contributed by atoms with Crippen LogP contribution in [0.25, 0.3) is 0 Å². The van der Waals surface area contributed by atoms with Crippen molar-refractivity contribution in [1.29, 1.82) is 0 Å². The van der Waals surface area contributed by atoms with Gasteiger partial charge in [-0.25, -0.2) is 14.2 Å². The average molecular weight is 370 g/mol. The summed E-state index contributed by atoms with van der Waals surface area (Å²) in [7, 11) is 1.61. The first-order chi connectivity index (χ1) is 13.0. The van der Waals surface area contributed by atoms with Crippen LogP contribution in [0.15, 0.2) is 59.2 Å². The Bertz CT molecular complexity index is 908. The second-order valence-electron chi connectivity index (χ2n) is 6.05. The number of ether oxygens (including phenoxy) is 1. The van der Waals surface area contributed by atoms with Crippen molar-refractivity contribution >= 4 is 5.97 Å². The Hall–Kier alpha value is -3.19. The Morgan fingerprint density at radius 3 is 2.56 bits per heavy atom. The van der Waals surface area contributed by atoms with Gasteiger partial charge in [0, 0.05) is 13.1 Å². The molecule has 0 saturated heterocycles. The third kappa shape index (κ3) is 5.15. The highest BCUT2D eigenvalue weighted by Gasteiger charge is 2.15. The summed E-state index contributed by atoms with van der Waals surface area (Å²) in [6.07, 6.45) is 1.12. The first kappa shape index (κ1) is 18.6. The first-order valence-electron chi connectivity index (χ1n) is 8.31. The van der Waals surface area contributed by atoms with Gasteiger partial charge in [0.05, 0.1) is 13.7 Å². The molecule has 1 aromatic heterocycles. The summed E-state index contributed by atoms with van der Waals surface area (Å²) in [5.74, 6) is -0.379. The summed E-state index contributed by atoms with van der Waals surface area (Å²) < 4.78 is 23.7. The number of carboxylic acids is 1. The van der Waals surface area contributed by atoms with Crippen LogP contribution in [0.4, 0.5) is 4.39 Å². The number of hydrogen-bond donors (Lipinski definition) is 1. The van der Waals surface area contributed by atoms with Gasteiger partial charge in [-0.3, -0.25) is 4.90 Å². The van der Waals surface area contributed by atoms with Crippen molar-refractivity contribution in [2.45, 2.75) is 19.6 Å². The zero-order valence-corrected chi connectivity index (χ0v) is 14.8. The van der Waals surface area contributed by atoms with E-state index in [1.807, 2.05) is 29.2 Å². The molecule has 0 fully saturated rings. The summed E-state index contributed by atoms with van der Waals surface area (Å²) in [4.78, 5) is 17.0. The summed E-state index contributed by atoms with van der Waals surface area (Å²) in [5.41, 5.74) is 1.80. The second kappa shape index (κ2) is 8.46. The van der Waals surface area contributed by atoms with E-state index in [0.29, 0.717) is 25.5 Å². The number of hydrogen-bond acceptors (Lipinski definition) is 5. The molecule has 0 aliphatic carbocycles. The van der Waals surface area contributed by atoms with Crippen LogP contribution in [-0.4, -0.2) is 28.1 Å². The van der Waals surface area contributed by atoms with Crippen molar-refractivity contribution in [3.8, 4) is 5.75 Å². The number of nitrogens with zero attached hydrogens (tertiary/aromatic N) is 2. The molecule has 0 atom stereocenters. The lowest BCUT2D eigenvalue weighted by molar-refractivity contribution is 0.0690. The Kier molecular flexibility index (Phi) is 5.83. The Morgan fingerprint density at radius 1 is 1.15 bits per heavy atom. The molecule has 0 aliphatic heterocycles. The number of methoxy groups -OCH3 is 1. The van der Waals surface area contributed by atoms with E-state index in [2.05, 4.69) is 4.98 Å². The first-order valence-corrected chi connectivity index (χ1v) is 8.31. The maximum absolute atomic E-state index is 13.2. The molecular weight excluding hydrogens is 351 g/mol. The molecule has 3 rings (SSSR count). The summed E-state index contributed by atoms with van der Waals surface area (Å²) in [5, 5.41) is 9.00. The van der Waals surface area contributed by atoms with Crippen LogP contribution in [0, 0.1) is 5.82 Å². The zero-order valence-electron chi connectivity index (χ0n) is 14.8. The van der Waals surface area contributed by atoms with Gasteiger partial charge in [0.15, 0.2) is 5.69 Å². The van der Waals surface area contributed by atoms with Crippen molar-refractivity contribution in [2.24, 2.45) is 0 Å². The number of rotatable bonds is 8. The van der Waals surface area contributed by atoms with E-state index in [0.717, 1.165) is 23.1 Å². The van der Waals surface area contributed by atoms with Crippen LogP contribution in [0.2, 0.25) is 0 Å². The van der Waals surface area contributed by atoms with Crippen molar-refractivity contribution in [1.82, 2.24) is 9.88 Å². The van der Waals surface area contributed by atoms with Gasteiger partial charge in [-0.05, 0) is 35.4 Å². The van der Waals surface area contributed by atoms with E-state index < -0.39 is 5.97 Å². The molecule has 0 unspecified atom stereocenters. The minimum Gasteiger partial charge on any atom is -0.497 e. The molecule has 0 aliphatic rings. The number of aromatic carboxylic acids is 1. The van der Waals surface area contributed by atoms with Gasteiger partial charge in [-0.15, -0.1) is 0 Å². The molecular formula is C20H19FN2O4. The maximum atomic E-state index is 13.2. The smallest absolute Gasteiger partial charge is 0.357 e. The van der Waals surface area contributed by atoms with Crippen molar-refractivity contribution in [3.63, 3.8) is 0 Å². The van der Waals surface area contributed by atoms with Gasteiger partial charge < -0.3 is 14.3 Å². The fourth-order valence-electron chi connectivity index (χ4n) is 2.72. The van der Waals surface area contributed by atoms with Crippen LogP contribution >= 0.6 is 0 Å². The number of benzene rings is 2. The van der Waals surface area contributed by atoms with Gasteiger partial charge in [-0.1, -0.05) is 24.3 Å². The van der Waals surface area contributed by atoms with Crippen molar-refractivity contribution in [2.75, 3.05) is 7.11 Å². The van der Waals surface area contributed by atoms with Gasteiger partial charge in [0.25, 0.3) is 0 Å². The van der Waals surface area contributed by atoms with Crippen LogP contribution < -0.4 is 4.74 Å². The molecule has 2 aromatic carbocycles. The largest absolute Gasteiger partial charge is 0.497 e. The van der Waals surface area contributed by atoms with Crippen molar-refractivity contribution < 1.29 is 23.4 Å². The van der Waals surface area contributed by atoms with Gasteiger partial charge in [0.2, 0.25) is 5.89 Å². The standard InChI is InChI=1S/C20H19FN2O4/c1-26-17-4-2-3-15(9-17)11-23(10-14-5-7-16(21)8-6-14)12-19-22-18(13-27-19)20(24)25/h2-9,13H,10-12H2,1H3,(H,24,25). The quantitative estimate of drug-likeness (QED) is 0.651. The SMILES string of the molecule is COc1cccc(CN(Cc2ccc(F)cc2)Cc2nc(C(=O)O)co2)c1. The molecule has 6 nitrogen and oxygen atoms in total. The van der Waals surface area contributed by atoms with Gasteiger partial charge >= 0.3 is 5.97 Å². The summed E-state index contributed by atoms with van der Waals surface area (Å²) in [6.45, 7) is 1.38. The van der Waals surface area contributed by atoms with Crippen molar-refractivity contribution in [3.05, 3.63) is 83.3 Å². The Labute approximate surface area is 155 Å². The predicted octanol–water partition coefficient (Wildman–Crippen LogP) is 3.72. The second-order valence-corrected chi connectivity index (χ2v) is 6.05. The van der Waals surface area contributed by atoms with Gasteiger partial charge in [0.1, 0.15) is 17.8 Å². The Balaban J connectivity index is 1.80.